The quantitative estimate of drug-likeness (QED) is 0.419. The lowest BCUT2D eigenvalue weighted by Crippen LogP contribution is -2.19. The second-order valence-corrected chi connectivity index (χ2v) is 2.66. The van der Waals surface area contributed by atoms with Gasteiger partial charge in [0.15, 0.2) is 0 Å². The fourth-order valence-corrected chi connectivity index (χ4v) is 0.0945. The zero-order valence-corrected chi connectivity index (χ0v) is 5.46. The topological polar surface area (TPSA) is 17.1 Å². The summed E-state index contributed by atoms with van der Waals surface area (Å²) in [5, 5.41) is 0. The SMILES string of the molecule is C[C@](Cl)(C=O)CCl. The zero-order valence-electron chi connectivity index (χ0n) is 3.95. The van der Waals surface area contributed by atoms with Gasteiger partial charge in [0.1, 0.15) is 11.2 Å². The summed E-state index contributed by atoms with van der Waals surface area (Å²) in [6.45, 7) is 1.56. The predicted molar refractivity (Wildman–Crippen MR) is 31.0 cm³/mol. The van der Waals surface area contributed by atoms with Crippen molar-refractivity contribution in [3.8, 4) is 0 Å². The summed E-state index contributed by atoms with van der Waals surface area (Å²) in [7, 11) is 0. The van der Waals surface area contributed by atoms with Crippen molar-refractivity contribution in [1.82, 2.24) is 0 Å². The molecule has 0 heterocycles. The number of halogens is 2. The van der Waals surface area contributed by atoms with Gasteiger partial charge >= 0.3 is 0 Å². The van der Waals surface area contributed by atoms with Crippen molar-refractivity contribution in [3.05, 3.63) is 0 Å². The number of hydrogen-bond acceptors (Lipinski definition) is 1. The van der Waals surface area contributed by atoms with E-state index in [1.54, 1.807) is 6.92 Å². The molecule has 0 fully saturated rings. The van der Waals surface area contributed by atoms with Crippen molar-refractivity contribution in [2.75, 3.05) is 5.88 Å². The zero-order chi connectivity index (χ0) is 5.91. The van der Waals surface area contributed by atoms with Gasteiger partial charge in [0, 0.05) is 5.88 Å². The highest BCUT2D eigenvalue weighted by Gasteiger charge is 2.16. The average Bonchev–Trinajstić information content (AvgIpc) is 1.68. The minimum absolute atomic E-state index is 0.165. The molecule has 1 nitrogen and oxygen atoms in total. The van der Waals surface area contributed by atoms with Gasteiger partial charge in [0.2, 0.25) is 0 Å². The highest BCUT2D eigenvalue weighted by Crippen LogP contribution is 2.11. The van der Waals surface area contributed by atoms with Crippen molar-refractivity contribution in [1.29, 1.82) is 0 Å². The summed E-state index contributed by atoms with van der Waals surface area (Å²) in [4.78, 5) is 8.98. The van der Waals surface area contributed by atoms with Crippen LogP contribution in [0.3, 0.4) is 0 Å². The molecule has 0 unspecified atom stereocenters. The van der Waals surface area contributed by atoms with Crippen molar-refractivity contribution in [2.24, 2.45) is 0 Å². The van der Waals surface area contributed by atoms with Crippen molar-refractivity contribution >= 4 is 29.5 Å². The molecule has 0 aromatic rings. The van der Waals surface area contributed by atoms with Gasteiger partial charge < -0.3 is 4.79 Å². The third-order valence-corrected chi connectivity index (χ3v) is 1.42. The first-order valence-corrected chi connectivity index (χ1v) is 2.75. The number of aldehydes is 1. The van der Waals surface area contributed by atoms with E-state index in [1.807, 2.05) is 0 Å². The van der Waals surface area contributed by atoms with Gasteiger partial charge in [-0.2, -0.15) is 0 Å². The van der Waals surface area contributed by atoms with E-state index in [1.165, 1.54) is 0 Å². The summed E-state index contributed by atoms with van der Waals surface area (Å²) in [5.74, 6) is 0.165. The molecule has 0 aliphatic carbocycles. The Morgan fingerprint density at radius 3 is 2.29 bits per heavy atom. The number of rotatable bonds is 2. The maximum absolute atomic E-state index is 9.84. The Balaban J connectivity index is 3.58. The van der Waals surface area contributed by atoms with Crippen molar-refractivity contribution in [3.63, 3.8) is 0 Å². The third-order valence-electron chi connectivity index (χ3n) is 0.507. The first kappa shape index (κ1) is 7.25. The molecule has 42 valence electrons. The van der Waals surface area contributed by atoms with Gasteiger partial charge in [0.25, 0.3) is 0 Å². The van der Waals surface area contributed by atoms with Crippen LogP contribution < -0.4 is 0 Å². The molecule has 0 saturated heterocycles. The summed E-state index contributed by atoms with van der Waals surface area (Å²) < 4.78 is 0. The number of carbonyl (C=O) groups excluding carboxylic acids is 1. The third kappa shape index (κ3) is 2.89. The summed E-state index contributed by atoms with van der Waals surface area (Å²) in [5.41, 5.74) is 0. The highest BCUT2D eigenvalue weighted by molar-refractivity contribution is 6.36. The van der Waals surface area contributed by atoms with E-state index in [9.17, 15) is 4.79 Å². The van der Waals surface area contributed by atoms with Gasteiger partial charge in [0.05, 0.1) is 0 Å². The predicted octanol–water partition coefficient (Wildman–Crippen LogP) is 1.42. The Morgan fingerprint density at radius 2 is 2.29 bits per heavy atom. The van der Waals surface area contributed by atoms with Crippen molar-refractivity contribution < 1.29 is 4.79 Å². The molecule has 0 aliphatic rings. The smallest absolute Gasteiger partial charge is 0.141 e. The fourth-order valence-electron chi connectivity index (χ4n) is 0.0315. The number of alkyl halides is 2. The Kier molecular flexibility index (Phi) is 2.62. The molecule has 0 aliphatic heterocycles. The van der Waals surface area contributed by atoms with Crippen LogP contribution >= 0.6 is 23.2 Å². The molecule has 1 atom stereocenters. The molecule has 0 rings (SSSR count). The largest absolute Gasteiger partial charge is 0.301 e. The minimum atomic E-state index is -0.860. The van der Waals surface area contributed by atoms with Crippen LogP contribution in [0.2, 0.25) is 0 Å². The van der Waals surface area contributed by atoms with Gasteiger partial charge in [-0.15, -0.1) is 23.2 Å². The van der Waals surface area contributed by atoms with E-state index >= 15 is 0 Å². The Hall–Kier alpha value is 0.250. The van der Waals surface area contributed by atoms with E-state index in [-0.39, 0.29) is 5.88 Å². The van der Waals surface area contributed by atoms with Gasteiger partial charge in [-0.3, -0.25) is 0 Å². The van der Waals surface area contributed by atoms with E-state index in [0.717, 1.165) is 0 Å². The molecule has 0 bridgehead atoms. The van der Waals surface area contributed by atoms with Gasteiger partial charge in [-0.05, 0) is 6.92 Å². The first-order chi connectivity index (χ1) is 3.12. The molecule has 0 N–H and O–H groups in total. The molecule has 0 spiro atoms. The maximum atomic E-state index is 9.84. The lowest BCUT2D eigenvalue weighted by Gasteiger charge is -2.05. The lowest BCUT2D eigenvalue weighted by molar-refractivity contribution is -0.109. The molecule has 0 saturated carbocycles. The van der Waals surface area contributed by atoms with Crippen molar-refractivity contribution in [2.45, 2.75) is 11.8 Å². The summed E-state index contributed by atoms with van der Waals surface area (Å²) in [6.07, 6.45) is 0.627. The fraction of sp³-hybridized carbons (Fsp3) is 0.750. The number of hydrogen-bond donors (Lipinski definition) is 0. The molecule has 0 radical (unpaired) electrons. The molecule has 0 aromatic heterocycles. The average molecular weight is 141 g/mol. The summed E-state index contributed by atoms with van der Waals surface area (Å²) >= 11 is 10.6. The van der Waals surface area contributed by atoms with E-state index in [0.29, 0.717) is 6.29 Å². The van der Waals surface area contributed by atoms with Crippen LogP contribution in [0.5, 0.6) is 0 Å². The molecule has 7 heavy (non-hydrogen) atoms. The molecule has 0 aromatic carbocycles. The standard InChI is InChI=1S/C4H6Cl2O/c1-4(6,2-5)3-7/h3H,2H2,1H3/t4-/m1/s1. The van der Waals surface area contributed by atoms with Gasteiger partial charge in [-0.1, -0.05) is 0 Å². The Bertz CT molecular complexity index is 70.1. The molecule has 3 heteroatoms. The van der Waals surface area contributed by atoms with Crippen LogP contribution in [-0.2, 0) is 4.79 Å². The van der Waals surface area contributed by atoms with Crippen LogP contribution in [0.25, 0.3) is 0 Å². The van der Waals surface area contributed by atoms with E-state index in [4.69, 9.17) is 23.2 Å². The lowest BCUT2D eigenvalue weighted by atomic mass is 10.2. The molecular weight excluding hydrogens is 135 g/mol. The summed E-state index contributed by atoms with van der Waals surface area (Å²) in [6, 6.07) is 0. The van der Waals surface area contributed by atoms with Crippen LogP contribution in [0.15, 0.2) is 0 Å². The normalized spacial score (nSPS) is 18.1. The van der Waals surface area contributed by atoms with Crippen LogP contribution in [0.1, 0.15) is 6.92 Å². The number of carbonyl (C=O) groups is 1. The monoisotopic (exact) mass is 140 g/mol. The first-order valence-electron chi connectivity index (χ1n) is 1.83. The second-order valence-electron chi connectivity index (χ2n) is 1.53. The van der Waals surface area contributed by atoms with Crippen LogP contribution in [-0.4, -0.2) is 17.0 Å². The minimum Gasteiger partial charge on any atom is -0.301 e. The Labute approximate surface area is 52.6 Å². The van der Waals surface area contributed by atoms with Crippen LogP contribution in [0.4, 0.5) is 0 Å². The molecule has 0 amide bonds. The highest BCUT2D eigenvalue weighted by atomic mass is 35.5. The second kappa shape index (κ2) is 2.53. The van der Waals surface area contributed by atoms with E-state index < -0.39 is 4.87 Å². The van der Waals surface area contributed by atoms with Gasteiger partial charge in [-0.25, -0.2) is 0 Å². The molecular formula is C4H6Cl2O. The van der Waals surface area contributed by atoms with Crippen LogP contribution in [0, 0.1) is 0 Å². The van der Waals surface area contributed by atoms with E-state index in [2.05, 4.69) is 0 Å². The maximum Gasteiger partial charge on any atom is 0.141 e. The Morgan fingerprint density at radius 1 is 1.86 bits per heavy atom.